The number of thioether (sulfide) groups is 1. The maximum atomic E-state index is 12.6. The third-order valence-corrected chi connectivity index (χ3v) is 7.40. The van der Waals surface area contributed by atoms with Crippen LogP contribution in [0, 0.1) is 13.8 Å². The van der Waals surface area contributed by atoms with Gasteiger partial charge in [-0.1, -0.05) is 12.1 Å². The zero-order chi connectivity index (χ0) is 20.5. The molecular formula is C20H22N2O4S2. The topological polar surface area (TPSA) is 92.3 Å². The number of benzene rings is 2. The molecule has 148 valence electrons. The van der Waals surface area contributed by atoms with E-state index in [2.05, 4.69) is 10.6 Å². The number of carbonyl (C=O) groups excluding carboxylic acids is 2. The van der Waals surface area contributed by atoms with Crippen LogP contribution in [0.25, 0.3) is 0 Å². The molecule has 8 heteroatoms. The molecule has 0 aromatic heterocycles. The normalized spacial score (nSPS) is 16.2. The van der Waals surface area contributed by atoms with E-state index in [-0.39, 0.29) is 34.1 Å². The first kappa shape index (κ1) is 20.4. The molecule has 2 aromatic carbocycles. The summed E-state index contributed by atoms with van der Waals surface area (Å²) in [6.45, 7) is 5.60. The van der Waals surface area contributed by atoms with Crippen LogP contribution in [0.1, 0.15) is 24.5 Å². The van der Waals surface area contributed by atoms with Crippen molar-refractivity contribution in [2.75, 3.05) is 16.4 Å². The Bertz CT molecular complexity index is 1050. The lowest BCUT2D eigenvalue weighted by molar-refractivity contribution is -0.116. The van der Waals surface area contributed by atoms with Crippen LogP contribution >= 0.6 is 11.8 Å². The van der Waals surface area contributed by atoms with Crippen molar-refractivity contribution in [3.63, 3.8) is 0 Å². The van der Waals surface area contributed by atoms with E-state index in [0.29, 0.717) is 11.4 Å². The van der Waals surface area contributed by atoms with Crippen LogP contribution in [0.3, 0.4) is 0 Å². The van der Waals surface area contributed by atoms with Gasteiger partial charge in [0.2, 0.25) is 11.8 Å². The summed E-state index contributed by atoms with van der Waals surface area (Å²) in [5.74, 6) is -0.812. The Morgan fingerprint density at radius 3 is 2.68 bits per heavy atom. The molecule has 1 aliphatic heterocycles. The van der Waals surface area contributed by atoms with Crippen molar-refractivity contribution >= 4 is 44.8 Å². The number of nitrogens with one attached hydrogen (secondary N) is 2. The molecule has 2 aromatic rings. The minimum Gasteiger partial charge on any atom is -0.326 e. The lowest BCUT2D eigenvalue weighted by Crippen LogP contribution is -2.26. The third kappa shape index (κ3) is 4.56. The summed E-state index contributed by atoms with van der Waals surface area (Å²) in [4.78, 5) is 25.0. The molecule has 0 bridgehead atoms. The van der Waals surface area contributed by atoms with Gasteiger partial charge in [0, 0.05) is 17.0 Å². The van der Waals surface area contributed by atoms with Gasteiger partial charge in [-0.05, 0) is 56.2 Å². The minimum absolute atomic E-state index is 0.0984. The van der Waals surface area contributed by atoms with Crippen molar-refractivity contribution < 1.29 is 18.0 Å². The van der Waals surface area contributed by atoms with Crippen molar-refractivity contribution in [1.82, 2.24) is 0 Å². The largest absolute Gasteiger partial charge is 0.326 e. The number of aryl methyl sites for hydroxylation is 2. The van der Waals surface area contributed by atoms with Crippen LogP contribution in [-0.4, -0.2) is 31.2 Å². The van der Waals surface area contributed by atoms with E-state index in [9.17, 15) is 18.0 Å². The first-order chi connectivity index (χ1) is 13.2. The van der Waals surface area contributed by atoms with Crippen molar-refractivity contribution in [3.8, 4) is 0 Å². The molecule has 1 aliphatic rings. The molecule has 3 rings (SSSR count). The fourth-order valence-corrected chi connectivity index (χ4v) is 5.00. The van der Waals surface area contributed by atoms with E-state index in [1.165, 1.54) is 23.9 Å². The minimum atomic E-state index is -3.65. The molecule has 0 saturated carbocycles. The second kappa shape index (κ2) is 7.97. The smallest absolute Gasteiger partial charge is 0.237 e. The predicted molar refractivity (Wildman–Crippen MR) is 112 cm³/mol. The Morgan fingerprint density at radius 1 is 1.18 bits per heavy atom. The molecule has 1 atom stereocenters. The first-order valence-corrected chi connectivity index (χ1v) is 11.4. The van der Waals surface area contributed by atoms with E-state index < -0.39 is 9.84 Å². The van der Waals surface area contributed by atoms with Gasteiger partial charge in [-0.3, -0.25) is 9.59 Å². The number of rotatable bonds is 5. The SMILES string of the molecule is Cc1ccc(C)c(NC(=O)CCS(=O)(=O)c2ccc3c(c2)NC(=O)[C@@H](C)S3)c1. The Morgan fingerprint density at radius 2 is 1.93 bits per heavy atom. The van der Waals surface area contributed by atoms with Gasteiger partial charge in [-0.2, -0.15) is 0 Å². The van der Waals surface area contributed by atoms with Crippen LogP contribution in [0.2, 0.25) is 0 Å². The van der Waals surface area contributed by atoms with Gasteiger partial charge in [0.15, 0.2) is 9.84 Å². The van der Waals surface area contributed by atoms with E-state index in [1.807, 2.05) is 32.0 Å². The predicted octanol–water partition coefficient (Wildman–Crippen LogP) is 3.54. The summed E-state index contributed by atoms with van der Waals surface area (Å²) in [5.41, 5.74) is 3.11. The monoisotopic (exact) mass is 418 g/mol. The number of amides is 2. The number of hydrogen-bond donors (Lipinski definition) is 2. The Balaban J connectivity index is 1.69. The average Bonchev–Trinajstić information content (AvgIpc) is 2.64. The van der Waals surface area contributed by atoms with Crippen molar-refractivity contribution in [3.05, 3.63) is 47.5 Å². The Labute approximate surface area is 169 Å². The van der Waals surface area contributed by atoms with Crippen molar-refractivity contribution in [1.29, 1.82) is 0 Å². The number of sulfone groups is 1. The molecule has 2 amide bonds. The van der Waals surface area contributed by atoms with Crippen LogP contribution in [0.15, 0.2) is 46.2 Å². The van der Waals surface area contributed by atoms with E-state index in [0.717, 1.165) is 16.0 Å². The van der Waals surface area contributed by atoms with E-state index in [4.69, 9.17) is 0 Å². The molecule has 0 fully saturated rings. The fraction of sp³-hybridized carbons (Fsp3) is 0.300. The van der Waals surface area contributed by atoms with E-state index >= 15 is 0 Å². The quantitative estimate of drug-likeness (QED) is 0.775. The number of anilines is 2. The summed E-state index contributed by atoms with van der Waals surface area (Å²) in [6.07, 6.45) is -0.148. The zero-order valence-electron chi connectivity index (χ0n) is 15.9. The summed E-state index contributed by atoms with van der Waals surface area (Å²) in [5, 5.41) is 5.28. The van der Waals surface area contributed by atoms with Crippen LogP contribution < -0.4 is 10.6 Å². The number of carbonyl (C=O) groups is 2. The first-order valence-electron chi connectivity index (χ1n) is 8.87. The van der Waals surface area contributed by atoms with Crippen molar-refractivity contribution in [2.24, 2.45) is 0 Å². The van der Waals surface area contributed by atoms with Gasteiger partial charge in [-0.15, -0.1) is 11.8 Å². The van der Waals surface area contributed by atoms with Gasteiger partial charge in [0.25, 0.3) is 0 Å². The molecule has 6 nitrogen and oxygen atoms in total. The van der Waals surface area contributed by atoms with Crippen LogP contribution in [0.5, 0.6) is 0 Å². The second-order valence-corrected chi connectivity index (χ2v) is 10.3. The maximum absolute atomic E-state index is 12.6. The van der Waals surface area contributed by atoms with Gasteiger partial charge >= 0.3 is 0 Å². The molecule has 0 aliphatic carbocycles. The zero-order valence-corrected chi connectivity index (χ0v) is 17.5. The lowest BCUT2D eigenvalue weighted by Gasteiger charge is -2.21. The van der Waals surface area contributed by atoms with Crippen LogP contribution in [0.4, 0.5) is 11.4 Å². The average molecular weight is 419 g/mol. The van der Waals surface area contributed by atoms with Gasteiger partial charge in [-0.25, -0.2) is 8.42 Å². The highest BCUT2D eigenvalue weighted by Crippen LogP contribution is 2.36. The molecule has 0 radical (unpaired) electrons. The van der Waals surface area contributed by atoms with Gasteiger partial charge in [0.05, 0.1) is 21.6 Å². The summed E-state index contributed by atoms with van der Waals surface area (Å²) >= 11 is 1.39. The molecular weight excluding hydrogens is 396 g/mol. The molecule has 0 unspecified atom stereocenters. The van der Waals surface area contributed by atoms with Crippen molar-refractivity contribution in [2.45, 2.75) is 42.2 Å². The second-order valence-electron chi connectivity index (χ2n) is 6.84. The number of fused-ring (bicyclic) bond motifs is 1. The van der Waals surface area contributed by atoms with Gasteiger partial charge in [0.1, 0.15) is 0 Å². The highest BCUT2D eigenvalue weighted by molar-refractivity contribution is 8.01. The lowest BCUT2D eigenvalue weighted by atomic mass is 10.1. The third-order valence-electron chi connectivity index (χ3n) is 4.51. The molecule has 28 heavy (non-hydrogen) atoms. The van der Waals surface area contributed by atoms with E-state index in [1.54, 1.807) is 13.0 Å². The standard InChI is InChI=1S/C20H22N2O4S2/c1-12-4-5-13(2)16(10-12)21-19(23)8-9-28(25,26)15-6-7-18-17(11-15)22-20(24)14(3)27-18/h4-7,10-11,14H,8-9H2,1-3H3,(H,21,23)(H,22,24)/t14-/m1/s1. The summed E-state index contributed by atoms with van der Waals surface area (Å²) in [7, 11) is -3.65. The Hall–Kier alpha value is -2.32. The fourth-order valence-electron chi connectivity index (χ4n) is 2.81. The Kier molecular flexibility index (Phi) is 5.81. The molecule has 0 spiro atoms. The number of hydrogen-bond acceptors (Lipinski definition) is 5. The highest BCUT2D eigenvalue weighted by atomic mass is 32.2. The summed E-state index contributed by atoms with van der Waals surface area (Å²) < 4.78 is 25.3. The molecule has 2 N–H and O–H groups in total. The van der Waals surface area contributed by atoms with Gasteiger partial charge < -0.3 is 10.6 Å². The summed E-state index contributed by atoms with van der Waals surface area (Å²) in [6, 6.07) is 10.4. The molecule has 1 heterocycles. The van der Waals surface area contributed by atoms with Crippen LogP contribution in [-0.2, 0) is 19.4 Å². The maximum Gasteiger partial charge on any atom is 0.237 e. The molecule has 0 saturated heterocycles. The highest BCUT2D eigenvalue weighted by Gasteiger charge is 2.25.